The summed E-state index contributed by atoms with van der Waals surface area (Å²) >= 11 is 0. The molecule has 0 bridgehead atoms. The molecule has 0 atom stereocenters. The molecule has 0 aliphatic carbocycles. The fraction of sp³-hybridized carbons (Fsp3) is 0.211. The lowest BCUT2D eigenvalue weighted by Crippen LogP contribution is -2.12. The van der Waals surface area contributed by atoms with Gasteiger partial charge in [0, 0.05) is 0 Å². The predicted octanol–water partition coefficient (Wildman–Crippen LogP) is 9.96. The molecule has 0 N–H and O–H groups in total. The number of nitrogens with zero attached hydrogens (tertiary/aromatic N) is 1. The van der Waals surface area contributed by atoms with Crippen LogP contribution in [0.1, 0.15) is 58.2 Å². The number of rotatable bonds is 4. The van der Waals surface area contributed by atoms with Crippen LogP contribution in [0, 0.1) is 6.04 Å². The van der Waals surface area contributed by atoms with E-state index in [0.29, 0.717) is 0 Å². The van der Waals surface area contributed by atoms with E-state index in [4.69, 9.17) is 0 Å². The number of hydrogen-bond acceptors (Lipinski definition) is 0. The Hall–Kier alpha value is -4.10. The Bertz CT molecular complexity index is 1470. The monoisotopic (exact) mass is 509 g/mol. The largest absolute Gasteiger partial charge is 0.255 e. The minimum atomic E-state index is 0.128. The Labute approximate surface area is 234 Å². The van der Waals surface area contributed by atoms with Gasteiger partial charge in [-0.2, -0.15) is 0 Å². The Morgan fingerprint density at radius 1 is 0.538 bits per heavy atom. The maximum absolute atomic E-state index is 4.17. The lowest BCUT2D eigenvalue weighted by molar-refractivity contribution is -0.417. The van der Waals surface area contributed by atoms with Crippen LogP contribution >= 0.6 is 0 Å². The second-order valence-corrected chi connectivity index (χ2v) is 12.6. The molecular weight excluding hydrogens is 470 g/mol. The Morgan fingerprint density at radius 3 is 1.49 bits per heavy atom. The average molecular weight is 510 g/mol. The van der Waals surface area contributed by atoms with E-state index in [1.807, 2.05) is 16.9 Å². The maximum Gasteiger partial charge on any atom is 0.146 e. The molecule has 0 saturated heterocycles. The summed E-state index contributed by atoms with van der Waals surface area (Å²) in [6.45, 7) is 17.7. The molecule has 5 rings (SSSR count). The fourth-order valence-corrected chi connectivity index (χ4v) is 5.05. The van der Waals surface area contributed by atoms with E-state index < -0.39 is 0 Å². The maximum atomic E-state index is 4.17. The topological polar surface area (TPSA) is 3.01 Å². The molecule has 1 heteroatoms. The second-order valence-electron chi connectivity index (χ2n) is 12.6. The third-order valence-corrected chi connectivity index (χ3v) is 7.53. The van der Waals surface area contributed by atoms with E-state index >= 15 is 0 Å². The van der Waals surface area contributed by atoms with Gasteiger partial charge in [0.05, 0.1) is 6.72 Å². The first-order chi connectivity index (χ1) is 18.5. The minimum absolute atomic E-state index is 0.128. The summed E-state index contributed by atoms with van der Waals surface area (Å²) in [5.41, 5.74) is 11.4. The van der Waals surface area contributed by atoms with Crippen molar-refractivity contribution >= 4 is 6.72 Å². The molecule has 0 unspecified atom stereocenters. The first kappa shape index (κ1) is 26.5. The van der Waals surface area contributed by atoms with Gasteiger partial charge in [0.2, 0.25) is 0 Å². The van der Waals surface area contributed by atoms with Gasteiger partial charge in [-0.25, -0.2) is 0 Å². The minimum Gasteiger partial charge on any atom is -0.255 e. The highest BCUT2D eigenvalue weighted by Gasteiger charge is 2.17. The Balaban J connectivity index is 1.62. The molecule has 0 amide bonds. The van der Waals surface area contributed by atoms with Gasteiger partial charge in [0.15, 0.2) is 0 Å². The number of hydrogen-bond donors (Lipinski definition) is 0. The van der Waals surface area contributed by atoms with Crippen molar-refractivity contribution in [3.63, 3.8) is 0 Å². The summed E-state index contributed by atoms with van der Waals surface area (Å²) in [6.07, 6.45) is 8.17. The highest BCUT2D eigenvalue weighted by atomic mass is 15.0. The number of allylic oxidation sites excluding steroid dienone is 2. The predicted molar refractivity (Wildman–Crippen MR) is 168 cm³/mol. The average Bonchev–Trinajstić information content (AvgIpc) is 2.92. The van der Waals surface area contributed by atoms with Gasteiger partial charge in [-0.15, -0.1) is 12.1 Å². The van der Waals surface area contributed by atoms with E-state index in [-0.39, 0.29) is 10.8 Å². The van der Waals surface area contributed by atoms with Crippen LogP contribution in [0.15, 0.2) is 115 Å². The fourth-order valence-electron chi connectivity index (χ4n) is 5.05. The molecule has 0 aromatic heterocycles. The van der Waals surface area contributed by atoms with Crippen molar-refractivity contribution in [2.45, 2.75) is 52.4 Å². The zero-order valence-corrected chi connectivity index (χ0v) is 24.1. The molecule has 0 fully saturated rings. The zero-order valence-electron chi connectivity index (χ0n) is 24.1. The molecule has 0 radical (unpaired) electrons. The molecule has 1 aliphatic rings. The lowest BCUT2D eigenvalue weighted by atomic mass is 9.85. The molecule has 0 spiro atoms. The van der Waals surface area contributed by atoms with Crippen molar-refractivity contribution in [2.75, 3.05) is 0 Å². The van der Waals surface area contributed by atoms with E-state index in [1.165, 1.54) is 44.5 Å². The summed E-state index contributed by atoms with van der Waals surface area (Å²) in [7, 11) is 0. The van der Waals surface area contributed by atoms with Crippen LogP contribution in [0.4, 0.5) is 0 Å². The van der Waals surface area contributed by atoms with Gasteiger partial charge < -0.3 is 0 Å². The molecule has 1 aliphatic heterocycles. The quantitative estimate of drug-likeness (QED) is 0.190. The summed E-state index contributed by atoms with van der Waals surface area (Å²) in [6, 6.07) is 34.9. The Morgan fingerprint density at radius 2 is 1.03 bits per heavy atom. The molecule has 4 aromatic carbocycles. The van der Waals surface area contributed by atoms with Crippen molar-refractivity contribution in [3.8, 4) is 33.4 Å². The van der Waals surface area contributed by atoms with Crippen LogP contribution in [-0.2, 0) is 10.8 Å². The van der Waals surface area contributed by atoms with Crippen molar-refractivity contribution < 1.29 is 4.58 Å². The summed E-state index contributed by atoms with van der Waals surface area (Å²) < 4.78 is 1.93. The SMILES string of the molecule is C=[N+]1C=CC=C[C-]1c1cccc(-c2cc(-c3ccc(C(C)(C)C)cc3)cc(-c3ccc(C(C)(C)C)cc3)c2)c1. The van der Waals surface area contributed by atoms with Gasteiger partial charge >= 0.3 is 0 Å². The zero-order chi connectivity index (χ0) is 27.8. The summed E-state index contributed by atoms with van der Waals surface area (Å²) in [4.78, 5) is 0. The van der Waals surface area contributed by atoms with Gasteiger partial charge in [0.25, 0.3) is 0 Å². The first-order valence-corrected chi connectivity index (χ1v) is 13.8. The third kappa shape index (κ3) is 5.83. The van der Waals surface area contributed by atoms with Crippen molar-refractivity contribution in [3.05, 3.63) is 138 Å². The molecule has 1 heterocycles. The summed E-state index contributed by atoms with van der Waals surface area (Å²) in [5.74, 6) is 0. The normalized spacial score (nSPS) is 13.7. The highest BCUT2D eigenvalue weighted by Crippen LogP contribution is 2.36. The standard InChI is InChI=1S/C38H39N/c1-37(2,3)34-18-14-27(15-19-34)31-24-32(28-16-20-35(21-17-28)38(4,5)6)26-33(25-31)29-11-10-12-30(23-29)36-13-8-9-22-39(36)7/h8-26H,7H2,1-6H3. The lowest BCUT2D eigenvalue weighted by Gasteiger charge is -2.20. The van der Waals surface area contributed by atoms with Gasteiger partial charge in [0.1, 0.15) is 12.2 Å². The van der Waals surface area contributed by atoms with Crippen LogP contribution in [0.3, 0.4) is 0 Å². The van der Waals surface area contributed by atoms with Crippen LogP contribution in [0.25, 0.3) is 33.4 Å². The van der Waals surface area contributed by atoms with Crippen LogP contribution in [-0.4, -0.2) is 11.3 Å². The third-order valence-electron chi connectivity index (χ3n) is 7.53. The molecule has 39 heavy (non-hydrogen) atoms. The molecule has 196 valence electrons. The number of benzene rings is 4. The first-order valence-electron chi connectivity index (χ1n) is 13.8. The van der Waals surface area contributed by atoms with Crippen molar-refractivity contribution in [1.82, 2.24) is 0 Å². The van der Waals surface area contributed by atoms with Crippen LogP contribution < -0.4 is 0 Å². The van der Waals surface area contributed by atoms with Gasteiger partial charge in [-0.05, 0) is 85.2 Å². The molecule has 1 nitrogen and oxygen atoms in total. The van der Waals surface area contributed by atoms with Gasteiger partial charge in [-0.3, -0.25) is 4.58 Å². The van der Waals surface area contributed by atoms with E-state index in [1.54, 1.807) is 0 Å². The smallest absolute Gasteiger partial charge is 0.146 e. The van der Waals surface area contributed by atoms with Crippen LogP contribution in [0.2, 0.25) is 0 Å². The van der Waals surface area contributed by atoms with Crippen LogP contribution in [0.5, 0.6) is 0 Å². The van der Waals surface area contributed by atoms with Crippen molar-refractivity contribution in [1.29, 1.82) is 0 Å². The molecule has 4 aromatic rings. The highest BCUT2D eigenvalue weighted by molar-refractivity contribution is 5.81. The molecule has 0 saturated carbocycles. The molecular formula is C38H39N. The van der Waals surface area contributed by atoms with E-state index in [0.717, 1.165) is 11.6 Å². The van der Waals surface area contributed by atoms with E-state index in [9.17, 15) is 0 Å². The second kappa shape index (κ2) is 10.2. The van der Waals surface area contributed by atoms with Gasteiger partial charge in [-0.1, -0.05) is 114 Å². The summed E-state index contributed by atoms with van der Waals surface area (Å²) in [5, 5.41) is 0. The van der Waals surface area contributed by atoms with Crippen molar-refractivity contribution in [2.24, 2.45) is 0 Å². The Kier molecular flexibility index (Phi) is 6.95. The van der Waals surface area contributed by atoms with E-state index in [2.05, 4.69) is 151 Å².